The van der Waals surface area contributed by atoms with Crippen molar-refractivity contribution in [3.8, 4) is 0 Å². The molecule has 4 nitrogen and oxygen atoms in total. The molecule has 0 radical (unpaired) electrons. The van der Waals surface area contributed by atoms with E-state index in [4.69, 9.17) is 5.84 Å². The molecule has 0 aromatic carbocycles. The van der Waals surface area contributed by atoms with Crippen molar-refractivity contribution in [1.82, 2.24) is 5.43 Å². The van der Waals surface area contributed by atoms with Crippen molar-refractivity contribution in [3.63, 3.8) is 0 Å². The van der Waals surface area contributed by atoms with Crippen LogP contribution in [-0.2, 0) is 9.84 Å². The summed E-state index contributed by atoms with van der Waals surface area (Å²) in [5, 5.41) is 0. The molecule has 0 aliphatic carbocycles. The van der Waals surface area contributed by atoms with Crippen molar-refractivity contribution in [2.45, 2.75) is 13.0 Å². The van der Waals surface area contributed by atoms with Crippen LogP contribution in [0.25, 0.3) is 0 Å². The van der Waals surface area contributed by atoms with Crippen molar-refractivity contribution in [3.05, 3.63) is 0 Å². The molecule has 0 heterocycles. The molecule has 0 saturated heterocycles. The van der Waals surface area contributed by atoms with Crippen LogP contribution in [0.2, 0.25) is 0 Å². The second-order valence-electron chi connectivity index (χ2n) is 2.16. The molecule has 0 aliphatic heterocycles. The lowest BCUT2D eigenvalue weighted by Crippen LogP contribution is -2.37. The van der Waals surface area contributed by atoms with Gasteiger partial charge in [-0.1, -0.05) is 0 Å². The number of hydrogen-bond donors (Lipinski definition) is 2. The second kappa shape index (κ2) is 3.14. The summed E-state index contributed by atoms with van der Waals surface area (Å²) in [5.74, 6) is 5.05. The first-order valence-corrected chi connectivity index (χ1v) is 4.65. The predicted molar refractivity (Wildman–Crippen MR) is 36.5 cm³/mol. The fourth-order valence-electron chi connectivity index (χ4n) is 0.502. The van der Waals surface area contributed by atoms with Gasteiger partial charge in [-0.25, -0.2) is 8.42 Å². The Balaban J connectivity index is 3.75. The van der Waals surface area contributed by atoms with Crippen LogP contribution in [-0.4, -0.2) is 26.5 Å². The monoisotopic (exact) mass is 152 g/mol. The first-order chi connectivity index (χ1) is 3.95. The zero-order valence-electron chi connectivity index (χ0n) is 5.59. The van der Waals surface area contributed by atoms with Gasteiger partial charge in [0.25, 0.3) is 0 Å². The molecule has 56 valence electrons. The van der Waals surface area contributed by atoms with Crippen LogP contribution in [0.4, 0.5) is 0 Å². The SMILES string of the molecule is C[C@H](CS(C)(=O)=O)NN. The maximum atomic E-state index is 10.5. The van der Waals surface area contributed by atoms with E-state index in [1.165, 1.54) is 6.26 Å². The Labute approximate surface area is 55.3 Å². The van der Waals surface area contributed by atoms with Crippen LogP contribution < -0.4 is 11.3 Å². The van der Waals surface area contributed by atoms with Crippen LogP contribution in [0.1, 0.15) is 6.92 Å². The van der Waals surface area contributed by atoms with Crippen LogP contribution in [0.5, 0.6) is 0 Å². The Morgan fingerprint density at radius 3 is 2.22 bits per heavy atom. The lowest BCUT2D eigenvalue weighted by atomic mass is 10.4. The largest absolute Gasteiger partial charge is 0.271 e. The maximum absolute atomic E-state index is 10.5. The molecule has 0 aromatic rings. The van der Waals surface area contributed by atoms with Gasteiger partial charge >= 0.3 is 0 Å². The number of rotatable bonds is 3. The van der Waals surface area contributed by atoms with Gasteiger partial charge in [0.2, 0.25) is 0 Å². The van der Waals surface area contributed by atoms with Gasteiger partial charge in [-0.15, -0.1) is 0 Å². The highest BCUT2D eigenvalue weighted by atomic mass is 32.2. The average molecular weight is 152 g/mol. The molecule has 0 unspecified atom stereocenters. The van der Waals surface area contributed by atoms with Crippen LogP contribution in [0.3, 0.4) is 0 Å². The molecule has 0 fully saturated rings. The molecular formula is C4H12N2O2S. The zero-order chi connectivity index (χ0) is 7.49. The lowest BCUT2D eigenvalue weighted by Gasteiger charge is -2.06. The van der Waals surface area contributed by atoms with Gasteiger partial charge in [0, 0.05) is 12.3 Å². The van der Waals surface area contributed by atoms with Crippen LogP contribution in [0, 0.1) is 0 Å². The van der Waals surface area contributed by atoms with E-state index in [9.17, 15) is 8.42 Å². The number of nitrogens with two attached hydrogens (primary N) is 1. The average Bonchev–Trinajstić information content (AvgIpc) is 1.62. The van der Waals surface area contributed by atoms with Crippen molar-refractivity contribution in [2.24, 2.45) is 5.84 Å². The minimum atomic E-state index is -2.88. The third-order valence-corrected chi connectivity index (χ3v) is 1.94. The van der Waals surface area contributed by atoms with E-state index in [-0.39, 0.29) is 11.8 Å². The van der Waals surface area contributed by atoms with Crippen molar-refractivity contribution in [2.75, 3.05) is 12.0 Å². The zero-order valence-corrected chi connectivity index (χ0v) is 6.40. The van der Waals surface area contributed by atoms with Crippen molar-refractivity contribution >= 4 is 9.84 Å². The number of sulfone groups is 1. The highest BCUT2D eigenvalue weighted by molar-refractivity contribution is 7.90. The van der Waals surface area contributed by atoms with E-state index in [2.05, 4.69) is 5.43 Å². The molecule has 9 heavy (non-hydrogen) atoms. The second-order valence-corrected chi connectivity index (χ2v) is 4.34. The van der Waals surface area contributed by atoms with Gasteiger partial charge in [0.15, 0.2) is 0 Å². The Morgan fingerprint density at radius 1 is 1.67 bits per heavy atom. The summed E-state index contributed by atoms with van der Waals surface area (Å²) in [6, 6.07) is -0.167. The summed E-state index contributed by atoms with van der Waals surface area (Å²) in [5.41, 5.74) is 2.34. The molecule has 0 rings (SSSR count). The smallest absolute Gasteiger partial charge is 0.149 e. The van der Waals surface area contributed by atoms with E-state index >= 15 is 0 Å². The Kier molecular flexibility index (Phi) is 3.10. The fourth-order valence-corrected chi connectivity index (χ4v) is 1.51. The van der Waals surface area contributed by atoms with Gasteiger partial charge in [-0.05, 0) is 6.92 Å². The summed E-state index contributed by atoms with van der Waals surface area (Å²) in [4.78, 5) is 0. The van der Waals surface area contributed by atoms with Gasteiger partial charge < -0.3 is 0 Å². The summed E-state index contributed by atoms with van der Waals surface area (Å²) >= 11 is 0. The fraction of sp³-hybridized carbons (Fsp3) is 1.00. The summed E-state index contributed by atoms with van der Waals surface area (Å²) < 4.78 is 21.0. The molecule has 0 saturated carbocycles. The molecule has 0 bridgehead atoms. The van der Waals surface area contributed by atoms with E-state index in [0.717, 1.165) is 0 Å². The van der Waals surface area contributed by atoms with E-state index < -0.39 is 9.84 Å². The Morgan fingerprint density at radius 2 is 2.11 bits per heavy atom. The van der Waals surface area contributed by atoms with Crippen LogP contribution >= 0.6 is 0 Å². The highest BCUT2D eigenvalue weighted by Crippen LogP contribution is 1.86. The van der Waals surface area contributed by atoms with Crippen molar-refractivity contribution in [1.29, 1.82) is 0 Å². The third kappa shape index (κ3) is 5.75. The normalized spacial score (nSPS) is 15.4. The molecule has 0 aromatic heterocycles. The standard InChI is InChI=1S/C4H12N2O2S/c1-4(6-5)3-9(2,7)8/h4,6H,3,5H2,1-2H3/t4-/m1/s1. The summed E-state index contributed by atoms with van der Waals surface area (Å²) in [6.45, 7) is 1.71. The Hall–Kier alpha value is -0.130. The molecule has 0 amide bonds. The molecule has 3 N–H and O–H groups in total. The summed E-state index contributed by atoms with van der Waals surface area (Å²) in [6.07, 6.45) is 1.18. The third-order valence-electron chi connectivity index (χ3n) is 0.837. The minimum Gasteiger partial charge on any atom is -0.271 e. The molecule has 0 aliphatic rings. The number of hydrazine groups is 1. The summed E-state index contributed by atoms with van der Waals surface area (Å²) in [7, 11) is -2.88. The van der Waals surface area contributed by atoms with E-state index in [1.807, 2.05) is 0 Å². The predicted octanol–water partition coefficient (Wildman–Crippen LogP) is -1.12. The number of nitrogens with one attached hydrogen (secondary N) is 1. The van der Waals surface area contributed by atoms with Gasteiger partial charge in [-0.2, -0.15) is 0 Å². The van der Waals surface area contributed by atoms with Crippen LogP contribution in [0.15, 0.2) is 0 Å². The lowest BCUT2D eigenvalue weighted by molar-refractivity contribution is 0.571. The molecule has 0 spiro atoms. The highest BCUT2D eigenvalue weighted by Gasteiger charge is 2.06. The van der Waals surface area contributed by atoms with Gasteiger partial charge in [-0.3, -0.25) is 11.3 Å². The van der Waals surface area contributed by atoms with E-state index in [0.29, 0.717) is 0 Å². The topological polar surface area (TPSA) is 72.2 Å². The molecule has 1 atom stereocenters. The van der Waals surface area contributed by atoms with Crippen molar-refractivity contribution < 1.29 is 8.42 Å². The molecule has 5 heteroatoms. The van der Waals surface area contributed by atoms with Gasteiger partial charge in [0.05, 0.1) is 5.75 Å². The maximum Gasteiger partial charge on any atom is 0.149 e. The van der Waals surface area contributed by atoms with Gasteiger partial charge in [0.1, 0.15) is 9.84 Å². The van der Waals surface area contributed by atoms with E-state index in [1.54, 1.807) is 6.92 Å². The molecular weight excluding hydrogens is 140 g/mol. The Bertz CT molecular complexity index is 163. The quantitative estimate of drug-likeness (QED) is 0.397. The first kappa shape index (κ1) is 8.87. The minimum absolute atomic E-state index is 0.0868. The first-order valence-electron chi connectivity index (χ1n) is 2.59. The number of hydrogen-bond acceptors (Lipinski definition) is 4.